The number of hydrogen-bond acceptors (Lipinski definition) is 3. The van der Waals surface area contributed by atoms with Gasteiger partial charge in [0.25, 0.3) is 0 Å². The van der Waals surface area contributed by atoms with Crippen LogP contribution in [0.3, 0.4) is 0 Å². The van der Waals surface area contributed by atoms with Crippen molar-refractivity contribution >= 4 is 44.8 Å². The molecule has 1 aliphatic rings. The summed E-state index contributed by atoms with van der Waals surface area (Å²) in [5.74, 6) is 0.772. The Morgan fingerprint density at radius 1 is 1.14 bits per heavy atom. The molecule has 0 fully saturated rings. The molecular weight excluding hydrogens is 384 g/mol. The van der Waals surface area contributed by atoms with E-state index in [2.05, 4.69) is 21.2 Å². The lowest BCUT2D eigenvalue weighted by Gasteiger charge is -2.12. The molecule has 0 spiro atoms. The number of nitrogens with one attached hydrogen (secondary N) is 1. The number of hydrogen-bond donors (Lipinski definition) is 1. The first-order valence-corrected chi connectivity index (χ1v) is 7.56. The Hall–Kier alpha value is -1.17. The van der Waals surface area contributed by atoms with Crippen LogP contribution in [0.5, 0.6) is 11.5 Å². The van der Waals surface area contributed by atoms with Gasteiger partial charge in [-0.2, -0.15) is 0 Å². The van der Waals surface area contributed by atoms with E-state index in [1.54, 1.807) is 6.07 Å². The van der Waals surface area contributed by atoms with Crippen LogP contribution in [-0.2, 0) is 6.54 Å². The van der Waals surface area contributed by atoms with Crippen LogP contribution >= 0.6 is 39.1 Å². The molecule has 2 aromatic rings. The van der Waals surface area contributed by atoms with Crippen molar-refractivity contribution in [3.63, 3.8) is 0 Å². The van der Waals surface area contributed by atoms with Gasteiger partial charge < -0.3 is 14.8 Å². The van der Waals surface area contributed by atoms with Crippen LogP contribution < -0.4 is 14.8 Å². The Balaban J connectivity index is 1.81. The van der Waals surface area contributed by atoms with Crippen LogP contribution in [0.25, 0.3) is 0 Å². The van der Waals surface area contributed by atoms with Gasteiger partial charge in [-0.3, -0.25) is 0 Å². The maximum atomic E-state index is 13.2. The molecule has 3 nitrogen and oxygen atoms in total. The van der Waals surface area contributed by atoms with Gasteiger partial charge in [-0.1, -0.05) is 23.2 Å². The van der Waals surface area contributed by atoms with Gasteiger partial charge in [0.2, 0.25) is 6.79 Å². The Morgan fingerprint density at radius 3 is 2.71 bits per heavy atom. The minimum Gasteiger partial charge on any atom is -0.454 e. The minimum atomic E-state index is -0.399. The smallest absolute Gasteiger partial charge is 0.231 e. The number of anilines is 1. The van der Waals surface area contributed by atoms with Crippen LogP contribution in [-0.4, -0.2) is 6.79 Å². The molecule has 21 heavy (non-hydrogen) atoms. The Bertz CT molecular complexity index is 689. The molecule has 0 atom stereocenters. The Kier molecular flexibility index (Phi) is 4.15. The van der Waals surface area contributed by atoms with Crippen molar-refractivity contribution in [3.8, 4) is 11.5 Å². The second-order valence-electron chi connectivity index (χ2n) is 4.41. The molecule has 7 heteroatoms. The lowest BCUT2D eigenvalue weighted by Crippen LogP contribution is -2.01. The van der Waals surface area contributed by atoms with Gasteiger partial charge in [0.1, 0.15) is 5.82 Å². The average Bonchev–Trinajstić information content (AvgIpc) is 2.86. The number of ether oxygens (including phenoxy) is 2. The van der Waals surface area contributed by atoms with E-state index in [9.17, 15) is 4.39 Å². The standard InChI is InChI=1S/C14H9BrCl2FNO2/c15-9-3-8(18)4-10(16)13(9)19-5-7-1-11(17)14-12(2-7)20-6-21-14/h1-4,19H,5-6H2. The summed E-state index contributed by atoms with van der Waals surface area (Å²) in [4.78, 5) is 0. The summed E-state index contributed by atoms with van der Waals surface area (Å²) in [6, 6.07) is 6.22. The van der Waals surface area contributed by atoms with Crippen LogP contribution in [0.4, 0.5) is 10.1 Å². The van der Waals surface area contributed by atoms with E-state index in [1.165, 1.54) is 12.1 Å². The number of benzene rings is 2. The molecule has 0 aliphatic carbocycles. The third-order valence-corrected chi connectivity index (χ3v) is 4.17. The third kappa shape index (κ3) is 3.05. The van der Waals surface area contributed by atoms with Crippen LogP contribution in [0.15, 0.2) is 28.7 Å². The second kappa shape index (κ2) is 5.91. The molecule has 3 rings (SSSR count). The highest BCUT2D eigenvalue weighted by molar-refractivity contribution is 9.10. The predicted octanol–water partition coefficient (Wildman–Crippen LogP) is 5.24. The molecule has 110 valence electrons. The van der Waals surface area contributed by atoms with E-state index in [-0.39, 0.29) is 6.79 Å². The zero-order valence-electron chi connectivity index (χ0n) is 10.6. The third-order valence-electron chi connectivity index (χ3n) is 2.96. The molecule has 1 N–H and O–H groups in total. The first kappa shape index (κ1) is 14.8. The summed E-state index contributed by atoms with van der Waals surface area (Å²) in [6.45, 7) is 0.627. The molecule has 0 radical (unpaired) electrons. The Labute approximate surface area is 139 Å². The van der Waals surface area contributed by atoms with Crippen molar-refractivity contribution in [1.82, 2.24) is 0 Å². The van der Waals surface area contributed by atoms with Crippen molar-refractivity contribution in [3.05, 3.63) is 50.2 Å². The summed E-state index contributed by atoms with van der Waals surface area (Å²) in [5.41, 5.74) is 1.52. The topological polar surface area (TPSA) is 30.5 Å². The van der Waals surface area contributed by atoms with Gasteiger partial charge in [-0.05, 0) is 45.8 Å². The largest absolute Gasteiger partial charge is 0.454 e. The van der Waals surface area contributed by atoms with Gasteiger partial charge in [-0.25, -0.2) is 4.39 Å². The van der Waals surface area contributed by atoms with Gasteiger partial charge in [0.15, 0.2) is 11.5 Å². The zero-order chi connectivity index (χ0) is 15.0. The van der Waals surface area contributed by atoms with E-state index in [1.807, 2.05) is 6.07 Å². The molecule has 2 aromatic carbocycles. The molecule has 1 aliphatic heterocycles. The van der Waals surface area contributed by atoms with Gasteiger partial charge >= 0.3 is 0 Å². The maximum absolute atomic E-state index is 13.2. The van der Waals surface area contributed by atoms with Crippen LogP contribution in [0.1, 0.15) is 5.56 Å². The van der Waals surface area contributed by atoms with Gasteiger partial charge in [0.05, 0.1) is 15.7 Å². The fourth-order valence-electron chi connectivity index (χ4n) is 2.02. The van der Waals surface area contributed by atoms with E-state index in [4.69, 9.17) is 32.7 Å². The minimum absolute atomic E-state index is 0.168. The zero-order valence-corrected chi connectivity index (χ0v) is 13.6. The average molecular weight is 393 g/mol. The van der Waals surface area contributed by atoms with Crippen molar-refractivity contribution in [2.45, 2.75) is 6.54 Å². The normalized spacial score (nSPS) is 12.6. The highest BCUT2D eigenvalue weighted by atomic mass is 79.9. The molecule has 0 bridgehead atoms. The highest BCUT2D eigenvalue weighted by Gasteiger charge is 2.18. The fraction of sp³-hybridized carbons (Fsp3) is 0.143. The van der Waals surface area contributed by atoms with Crippen molar-refractivity contribution < 1.29 is 13.9 Å². The number of halogens is 4. The van der Waals surface area contributed by atoms with E-state index in [0.717, 1.165) is 5.56 Å². The predicted molar refractivity (Wildman–Crippen MR) is 84.0 cm³/mol. The quantitative estimate of drug-likeness (QED) is 0.775. The highest BCUT2D eigenvalue weighted by Crippen LogP contribution is 2.40. The van der Waals surface area contributed by atoms with Gasteiger partial charge in [-0.15, -0.1) is 0 Å². The second-order valence-corrected chi connectivity index (χ2v) is 6.08. The summed E-state index contributed by atoms with van der Waals surface area (Å²) >= 11 is 15.4. The molecule has 1 heterocycles. The maximum Gasteiger partial charge on any atom is 0.231 e. The summed E-state index contributed by atoms with van der Waals surface area (Å²) in [6.07, 6.45) is 0. The van der Waals surface area contributed by atoms with Crippen LogP contribution in [0, 0.1) is 5.82 Å². The Morgan fingerprint density at radius 2 is 1.95 bits per heavy atom. The summed E-state index contributed by atoms with van der Waals surface area (Å²) in [5, 5.41) is 3.93. The fourth-order valence-corrected chi connectivity index (χ4v) is 3.27. The summed E-state index contributed by atoms with van der Waals surface area (Å²) in [7, 11) is 0. The summed E-state index contributed by atoms with van der Waals surface area (Å²) < 4.78 is 24.3. The molecule has 0 saturated carbocycles. The number of rotatable bonds is 3. The van der Waals surface area contributed by atoms with Crippen LogP contribution in [0.2, 0.25) is 10.0 Å². The molecule has 0 amide bonds. The lowest BCUT2D eigenvalue weighted by atomic mass is 10.2. The molecule has 0 unspecified atom stereocenters. The first-order chi connectivity index (χ1) is 10.0. The molecule has 0 aromatic heterocycles. The SMILES string of the molecule is Fc1cc(Cl)c(NCc2cc(Cl)c3c(c2)OCO3)c(Br)c1. The van der Waals surface area contributed by atoms with E-state index >= 15 is 0 Å². The monoisotopic (exact) mass is 391 g/mol. The van der Waals surface area contributed by atoms with Gasteiger partial charge in [0, 0.05) is 11.0 Å². The molecular formula is C14H9BrCl2FNO2. The lowest BCUT2D eigenvalue weighted by molar-refractivity contribution is 0.174. The van der Waals surface area contributed by atoms with Crippen molar-refractivity contribution in [1.29, 1.82) is 0 Å². The molecule has 0 saturated heterocycles. The van der Waals surface area contributed by atoms with Crippen molar-refractivity contribution in [2.24, 2.45) is 0 Å². The van der Waals surface area contributed by atoms with Crippen molar-refractivity contribution in [2.75, 3.05) is 12.1 Å². The first-order valence-electron chi connectivity index (χ1n) is 6.01. The van der Waals surface area contributed by atoms with E-state index < -0.39 is 5.82 Å². The number of fused-ring (bicyclic) bond motifs is 1. The van der Waals surface area contributed by atoms with E-state index in [0.29, 0.717) is 38.2 Å².